The Hall–Kier alpha value is -0.860. The second-order valence-corrected chi connectivity index (χ2v) is 7.57. The van der Waals surface area contributed by atoms with E-state index in [9.17, 15) is 9.59 Å². The summed E-state index contributed by atoms with van der Waals surface area (Å²) in [5.74, 6) is 1.92. The van der Waals surface area contributed by atoms with Gasteiger partial charge in [-0.3, -0.25) is 9.59 Å². The van der Waals surface area contributed by atoms with Crippen molar-refractivity contribution >= 4 is 11.9 Å². The zero-order chi connectivity index (χ0) is 13.3. The molecule has 0 amide bonds. The molecule has 104 valence electrons. The van der Waals surface area contributed by atoms with Gasteiger partial charge in [-0.05, 0) is 68.1 Å². The number of hydrogen-bond donors (Lipinski definition) is 0. The molecule has 1 heterocycles. The molecule has 1 atom stereocenters. The molecule has 5 fully saturated rings. The first-order valence-electron chi connectivity index (χ1n) is 7.82. The second kappa shape index (κ2) is 3.62. The zero-order valence-corrected chi connectivity index (χ0v) is 11.6. The highest BCUT2D eigenvalue weighted by molar-refractivity contribution is 5.98. The van der Waals surface area contributed by atoms with E-state index >= 15 is 0 Å². The van der Waals surface area contributed by atoms with Crippen molar-refractivity contribution in [1.82, 2.24) is 0 Å². The Morgan fingerprint density at radius 2 is 1.58 bits per heavy atom. The Morgan fingerprint density at radius 3 is 1.95 bits per heavy atom. The Kier molecular flexibility index (Phi) is 2.27. The van der Waals surface area contributed by atoms with Gasteiger partial charge < -0.3 is 4.74 Å². The molecule has 1 saturated heterocycles. The van der Waals surface area contributed by atoms with E-state index in [1.807, 2.05) is 0 Å². The van der Waals surface area contributed by atoms with Gasteiger partial charge in [0.15, 0.2) is 0 Å². The fraction of sp³-hybridized carbons (Fsp3) is 0.875. The molecule has 1 aliphatic heterocycles. The standard InChI is InChI=1S/C16H22O3/c1-2-16(9-13(17)19-14(16)18)15-6-10-3-11(7-15)5-12(4-10)8-15/h10-12H,2-9H2,1H3. The molecule has 4 aliphatic carbocycles. The maximum atomic E-state index is 12.4. The smallest absolute Gasteiger partial charge is 0.320 e. The van der Waals surface area contributed by atoms with Crippen molar-refractivity contribution in [3.8, 4) is 0 Å². The van der Waals surface area contributed by atoms with Crippen LogP contribution in [0.5, 0.6) is 0 Å². The van der Waals surface area contributed by atoms with E-state index in [0.717, 1.165) is 43.4 Å². The molecular formula is C16H22O3. The highest BCUT2D eigenvalue weighted by Gasteiger charge is 2.66. The number of rotatable bonds is 2. The molecule has 0 aromatic carbocycles. The summed E-state index contributed by atoms with van der Waals surface area (Å²) in [4.78, 5) is 24.1. The predicted molar refractivity (Wildman–Crippen MR) is 69.0 cm³/mol. The number of carbonyl (C=O) groups excluding carboxylic acids is 2. The average Bonchev–Trinajstić information content (AvgIpc) is 2.63. The molecule has 0 radical (unpaired) electrons. The lowest BCUT2D eigenvalue weighted by Crippen LogP contribution is -2.56. The number of cyclic esters (lactones) is 2. The van der Waals surface area contributed by atoms with Crippen molar-refractivity contribution in [1.29, 1.82) is 0 Å². The molecule has 4 saturated carbocycles. The first-order valence-corrected chi connectivity index (χ1v) is 7.82. The van der Waals surface area contributed by atoms with Crippen LogP contribution < -0.4 is 0 Å². The number of esters is 2. The minimum absolute atomic E-state index is 0.0831. The highest BCUT2D eigenvalue weighted by Crippen LogP contribution is 2.68. The summed E-state index contributed by atoms with van der Waals surface area (Å²) in [6, 6.07) is 0. The molecule has 3 heteroatoms. The van der Waals surface area contributed by atoms with Gasteiger partial charge in [-0.15, -0.1) is 0 Å². The number of carbonyl (C=O) groups is 2. The third-order valence-corrected chi connectivity index (χ3v) is 6.70. The van der Waals surface area contributed by atoms with Crippen molar-refractivity contribution < 1.29 is 14.3 Å². The first-order chi connectivity index (χ1) is 9.07. The maximum absolute atomic E-state index is 12.4. The molecule has 19 heavy (non-hydrogen) atoms. The molecule has 0 aromatic rings. The summed E-state index contributed by atoms with van der Waals surface area (Å²) in [5.41, 5.74) is -0.403. The van der Waals surface area contributed by atoms with Crippen LogP contribution in [0.1, 0.15) is 58.3 Å². The molecule has 5 rings (SSSR count). The quantitative estimate of drug-likeness (QED) is 0.567. The van der Waals surface area contributed by atoms with Gasteiger partial charge in [0.05, 0.1) is 11.8 Å². The molecule has 1 unspecified atom stereocenters. The molecule has 4 bridgehead atoms. The molecule has 3 nitrogen and oxygen atoms in total. The predicted octanol–water partition coefficient (Wildman–Crippen LogP) is 3.07. The number of ether oxygens (including phenoxy) is 1. The van der Waals surface area contributed by atoms with E-state index in [1.54, 1.807) is 0 Å². The lowest BCUT2D eigenvalue weighted by molar-refractivity contribution is -0.171. The van der Waals surface area contributed by atoms with Gasteiger partial charge in [0, 0.05) is 0 Å². The van der Waals surface area contributed by atoms with E-state index in [1.165, 1.54) is 19.3 Å². The minimum Gasteiger partial charge on any atom is -0.393 e. The van der Waals surface area contributed by atoms with E-state index in [4.69, 9.17) is 4.74 Å². The van der Waals surface area contributed by atoms with E-state index in [0.29, 0.717) is 6.42 Å². The summed E-state index contributed by atoms with van der Waals surface area (Å²) in [7, 11) is 0. The van der Waals surface area contributed by atoms with Gasteiger partial charge >= 0.3 is 11.9 Å². The van der Waals surface area contributed by atoms with Gasteiger partial charge in [-0.2, -0.15) is 0 Å². The van der Waals surface area contributed by atoms with Gasteiger partial charge in [-0.1, -0.05) is 6.92 Å². The third kappa shape index (κ3) is 1.39. The van der Waals surface area contributed by atoms with Crippen molar-refractivity contribution in [2.45, 2.75) is 58.3 Å². The lowest BCUT2D eigenvalue weighted by Gasteiger charge is -2.61. The van der Waals surface area contributed by atoms with Crippen LogP contribution in [0.3, 0.4) is 0 Å². The fourth-order valence-corrected chi connectivity index (χ4v) is 6.30. The van der Waals surface area contributed by atoms with Crippen molar-refractivity contribution in [3.05, 3.63) is 0 Å². The van der Waals surface area contributed by atoms with Crippen LogP contribution in [-0.2, 0) is 14.3 Å². The van der Waals surface area contributed by atoms with Crippen molar-refractivity contribution in [3.63, 3.8) is 0 Å². The molecule has 0 N–H and O–H groups in total. The monoisotopic (exact) mass is 262 g/mol. The van der Waals surface area contributed by atoms with Crippen LogP contribution in [0.4, 0.5) is 0 Å². The minimum atomic E-state index is -0.486. The van der Waals surface area contributed by atoms with Crippen LogP contribution in [0.25, 0.3) is 0 Å². The molecule has 0 aromatic heterocycles. The van der Waals surface area contributed by atoms with Crippen molar-refractivity contribution in [2.75, 3.05) is 0 Å². The zero-order valence-electron chi connectivity index (χ0n) is 11.6. The Morgan fingerprint density at radius 1 is 1.05 bits per heavy atom. The molecule has 5 aliphatic rings. The summed E-state index contributed by atoms with van der Waals surface area (Å²) in [6.07, 6.45) is 8.68. The summed E-state index contributed by atoms with van der Waals surface area (Å²) in [6.45, 7) is 2.07. The van der Waals surface area contributed by atoms with Gasteiger partial charge in [0.25, 0.3) is 0 Å². The SMILES string of the molecule is CCC1(C23CC4CC(CC(C4)C2)C3)CC(=O)OC1=O. The van der Waals surface area contributed by atoms with Crippen LogP contribution in [0.15, 0.2) is 0 Å². The maximum Gasteiger partial charge on any atom is 0.320 e. The van der Waals surface area contributed by atoms with Gasteiger partial charge in [0.2, 0.25) is 0 Å². The average molecular weight is 262 g/mol. The summed E-state index contributed by atoms with van der Waals surface area (Å²) < 4.78 is 4.98. The highest BCUT2D eigenvalue weighted by atomic mass is 16.6. The molecule has 0 spiro atoms. The van der Waals surface area contributed by atoms with E-state index in [2.05, 4.69) is 6.92 Å². The normalized spacial score (nSPS) is 51.7. The van der Waals surface area contributed by atoms with Gasteiger partial charge in [0.1, 0.15) is 0 Å². The Balaban J connectivity index is 1.77. The second-order valence-electron chi connectivity index (χ2n) is 7.57. The van der Waals surface area contributed by atoms with Gasteiger partial charge in [-0.25, -0.2) is 0 Å². The van der Waals surface area contributed by atoms with Crippen molar-refractivity contribution in [2.24, 2.45) is 28.6 Å². The molecular weight excluding hydrogens is 240 g/mol. The Labute approximate surface area is 114 Å². The van der Waals surface area contributed by atoms with E-state index < -0.39 is 5.41 Å². The first kappa shape index (κ1) is 11.9. The fourth-order valence-electron chi connectivity index (χ4n) is 6.30. The summed E-state index contributed by atoms with van der Waals surface area (Å²) >= 11 is 0. The number of hydrogen-bond acceptors (Lipinski definition) is 3. The third-order valence-electron chi connectivity index (χ3n) is 6.70. The van der Waals surface area contributed by atoms with Crippen LogP contribution in [-0.4, -0.2) is 11.9 Å². The topological polar surface area (TPSA) is 43.4 Å². The van der Waals surface area contributed by atoms with Crippen LogP contribution >= 0.6 is 0 Å². The lowest BCUT2D eigenvalue weighted by atomic mass is 9.42. The van der Waals surface area contributed by atoms with Crippen LogP contribution in [0.2, 0.25) is 0 Å². The van der Waals surface area contributed by atoms with Crippen LogP contribution in [0, 0.1) is 28.6 Å². The largest absolute Gasteiger partial charge is 0.393 e. The Bertz CT molecular complexity index is 418. The summed E-state index contributed by atoms with van der Waals surface area (Å²) in [5, 5.41) is 0. The van der Waals surface area contributed by atoms with E-state index in [-0.39, 0.29) is 17.4 Å².